The van der Waals surface area contributed by atoms with E-state index < -0.39 is 6.10 Å². The number of amides is 2. The van der Waals surface area contributed by atoms with Crippen molar-refractivity contribution in [2.75, 3.05) is 32.8 Å². The lowest BCUT2D eigenvalue weighted by Crippen LogP contribution is -2.53. The smallest absolute Gasteiger partial charge is 0.409 e. The standard InChI is InChI=1S/C18H23ClN2O4/c1-12(2)11-24-18(23)21-7-5-20(6-8-21)17(22)16-10-13-9-14(19)3-4-15(13)25-16/h3-4,9,12,16H,5-8,10-11H2,1-2H3. The van der Waals surface area contributed by atoms with Crippen LogP contribution >= 0.6 is 11.6 Å². The molecule has 6 nitrogen and oxygen atoms in total. The van der Waals surface area contributed by atoms with Crippen LogP contribution in [-0.2, 0) is 16.0 Å². The van der Waals surface area contributed by atoms with Crippen LogP contribution < -0.4 is 4.74 Å². The topological polar surface area (TPSA) is 59.1 Å². The van der Waals surface area contributed by atoms with E-state index in [-0.39, 0.29) is 12.0 Å². The highest BCUT2D eigenvalue weighted by Gasteiger charge is 2.34. The van der Waals surface area contributed by atoms with Gasteiger partial charge in [0.05, 0.1) is 6.61 Å². The molecule has 3 rings (SSSR count). The van der Waals surface area contributed by atoms with Crippen molar-refractivity contribution in [1.29, 1.82) is 0 Å². The summed E-state index contributed by atoms with van der Waals surface area (Å²) in [6.07, 6.45) is -0.279. The Balaban J connectivity index is 1.50. The van der Waals surface area contributed by atoms with Crippen molar-refractivity contribution in [3.05, 3.63) is 28.8 Å². The number of carbonyl (C=O) groups is 2. The van der Waals surface area contributed by atoms with Gasteiger partial charge in [-0.3, -0.25) is 4.79 Å². The Morgan fingerprint density at radius 3 is 2.60 bits per heavy atom. The van der Waals surface area contributed by atoms with E-state index in [2.05, 4.69) is 0 Å². The molecule has 0 saturated carbocycles. The Hall–Kier alpha value is -1.95. The number of piperazine rings is 1. The number of fused-ring (bicyclic) bond motifs is 1. The van der Waals surface area contributed by atoms with Crippen LogP contribution in [0.1, 0.15) is 19.4 Å². The van der Waals surface area contributed by atoms with Gasteiger partial charge in [0.2, 0.25) is 0 Å². The molecule has 0 N–H and O–H groups in total. The highest BCUT2D eigenvalue weighted by Crippen LogP contribution is 2.31. The van der Waals surface area contributed by atoms with Crippen molar-refractivity contribution in [2.24, 2.45) is 5.92 Å². The van der Waals surface area contributed by atoms with Gasteiger partial charge >= 0.3 is 6.09 Å². The molecule has 1 aromatic rings. The molecule has 0 bridgehead atoms. The predicted octanol–water partition coefficient (Wildman–Crippen LogP) is 2.58. The molecule has 1 fully saturated rings. The Morgan fingerprint density at radius 2 is 1.92 bits per heavy atom. The van der Waals surface area contributed by atoms with E-state index in [0.717, 1.165) is 11.3 Å². The van der Waals surface area contributed by atoms with Crippen LogP contribution in [0.15, 0.2) is 18.2 Å². The molecule has 1 atom stereocenters. The van der Waals surface area contributed by atoms with Gasteiger partial charge < -0.3 is 19.3 Å². The van der Waals surface area contributed by atoms with E-state index >= 15 is 0 Å². The van der Waals surface area contributed by atoms with Crippen LogP contribution in [0.4, 0.5) is 4.79 Å². The molecular formula is C18H23ClN2O4. The minimum absolute atomic E-state index is 0.0393. The predicted molar refractivity (Wildman–Crippen MR) is 93.9 cm³/mol. The normalized spacial score (nSPS) is 19.6. The largest absolute Gasteiger partial charge is 0.480 e. The number of hydrogen-bond acceptors (Lipinski definition) is 4. The molecule has 0 spiro atoms. The molecule has 136 valence electrons. The third-order valence-electron chi connectivity index (χ3n) is 4.36. The van der Waals surface area contributed by atoms with Gasteiger partial charge in [0.1, 0.15) is 5.75 Å². The van der Waals surface area contributed by atoms with Crippen molar-refractivity contribution >= 4 is 23.6 Å². The van der Waals surface area contributed by atoms with Crippen LogP contribution in [0.25, 0.3) is 0 Å². The lowest BCUT2D eigenvalue weighted by molar-refractivity contribution is -0.139. The van der Waals surface area contributed by atoms with E-state index in [1.165, 1.54) is 0 Å². The minimum atomic E-state index is -0.507. The van der Waals surface area contributed by atoms with E-state index in [1.54, 1.807) is 21.9 Å². The van der Waals surface area contributed by atoms with Gasteiger partial charge in [0, 0.05) is 37.6 Å². The molecular weight excluding hydrogens is 344 g/mol. The van der Waals surface area contributed by atoms with Gasteiger partial charge in [0.15, 0.2) is 6.10 Å². The second-order valence-electron chi connectivity index (χ2n) is 6.85. The number of carbonyl (C=O) groups excluding carboxylic acids is 2. The molecule has 0 radical (unpaired) electrons. The zero-order valence-electron chi connectivity index (χ0n) is 14.5. The lowest BCUT2D eigenvalue weighted by Gasteiger charge is -2.35. The monoisotopic (exact) mass is 366 g/mol. The fraction of sp³-hybridized carbons (Fsp3) is 0.556. The van der Waals surface area contributed by atoms with Crippen molar-refractivity contribution in [3.63, 3.8) is 0 Å². The summed E-state index contributed by atoms with van der Waals surface area (Å²) in [6, 6.07) is 5.40. The van der Waals surface area contributed by atoms with Crippen LogP contribution in [0.3, 0.4) is 0 Å². The van der Waals surface area contributed by atoms with Crippen molar-refractivity contribution in [3.8, 4) is 5.75 Å². The van der Waals surface area contributed by atoms with Gasteiger partial charge in [0.25, 0.3) is 5.91 Å². The second-order valence-corrected chi connectivity index (χ2v) is 7.28. The third-order valence-corrected chi connectivity index (χ3v) is 4.60. The third kappa shape index (κ3) is 4.18. The molecule has 0 aromatic heterocycles. The Bertz CT molecular complexity index is 656. The van der Waals surface area contributed by atoms with Crippen LogP contribution in [0.2, 0.25) is 5.02 Å². The molecule has 1 saturated heterocycles. The number of rotatable bonds is 3. The average molecular weight is 367 g/mol. The Morgan fingerprint density at radius 1 is 1.24 bits per heavy atom. The minimum Gasteiger partial charge on any atom is -0.480 e. The molecule has 1 unspecified atom stereocenters. The summed E-state index contributed by atoms with van der Waals surface area (Å²) in [7, 11) is 0. The molecule has 2 amide bonds. The first-order chi connectivity index (χ1) is 11.9. The van der Waals surface area contributed by atoms with Crippen molar-refractivity contribution in [2.45, 2.75) is 26.4 Å². The summed E-state index contributed by atoms with van der Waals surface area (Å²) < 4.78 is 11.0. The maximum atomic E-state index is 12.7. The van der Waals surface area contributed by atoms with Crippen molar-refractivity contribution in [1.82, 2.24) is 9.80 Å². The quantitative estimate of drug-likeness (QED) is 0.825. The summed E-state index contributed by atoms with van der Waals surface area (Å²) in [5.41, 5.74) is 0.960. The SMILES string of the molecule is CC(C)COC(=O)N1CCN(C(=O)C2Cc3cc(Cl)ccc3O2)CC1. The first-order valence-corrected chi connectivity index (χ1v) is 8.97. The van der Waals surface area contributed by atoms with Gasteiger partial charge in [-0.15, -0.1) is 0 Å². The summed E-state index contributed by atoms with van der Waals surface area (Å²) in [4.78, 5) is 28.1. The van der Waals surface area contributed by atoms with Gasteiger partial charge in [-0.1, -0.05) is 25.4 Å². The highest BCUT2D eigenvalue weighted by atomic mass is 35.5. The fourth-order valence-electron chi connectivity index (χ4n) is 3.00. The molecule has 0 aliphatic carbocycles. The zero-order valence-corrected chi connectivity index (χ0v) is 15.3. The first-order valence-electron chi connectivity index (χ1n) is 8.59. The van der Waals surface area contributed by atoms with E-state index in [9.17, 15) is 9.59 Å². The zero-order chi connectivity index (χ0) is 18.0. The van der Waals surface area contributed by atoms with Gasteiger partial charge in [-0.05, 0) is 29.7 Å². The number of benzene rings is 1. The number of halogens is 1. The Kier molecular flexibility index (Phi) is 5.37. The van der Waals surface area contributed by atoms with Crippen molar-refractivity contribution < 1.29 is 19.1 Å². The van der Waals surface area contributed by atoms with E-state index in [1.807, 2.05) is 19.9 Å². The molecule has 2 aliphatic heterocycles. The fourth-order valence-corrected chi connectivity index (χ4v) is 3.19. The van der Waals surface area contributed by atoms with E-state index in [4.69, 9.17) is 21.1 Å². The lowest BCUT2D eigenvalue weighted by atomic mass is 10.1. The van der Waals surface area contributed by atoms with Crippen LogP contribution in [0, 0.1) is 5.92 Å². The highest BCUT2D eigenvalue weighted by molar-refractivity contribution is 6.30. The molecule has 25 heavy (non-hydrogen) atoms. The van der Waals surface area contributed by atoms with Gasteiger partial charge in [-0.25, -0.2) is 4.79 Å². The average Bonchev–Trinajstić information content (AvgIpc) is 3.02. The molecule has 2 aliphatic rings. The van der Waals surface area contributed by atoms with Crippen LogP contribution in [0.5, 0.6) is 5.75 Å². The summed E-state index contributed by atoms with van der Waals surface area (Å²) in [5, 5.41) is 0.643. The maximum absolute atomic E-state index is 12.7. The van der Waals surface area contributed by atoms with E-state index in [0.29, 0.717) is 50.1 Å². The summed E-state index contributed by atoms with van der Waals surface area (Å²) in [6.45, 7) is 6.35. The Labute approximate surface area is 152 Å². The van der Waals surface area contributed by atoms with Crippen LogP contribution in [-0.4, -0.2) is 60.7 Å². The summed E-state index contributed by atoms with van der Waals surface area (Å²) >= 11 is 5.99. The first kappa shape index (κ1) is 17.9. The molecule has 2 heterocycles. The van der Waals surface area contributed by atoms with Gasteiger partial charge in [-0.2, -0.15) is 0 Å². The second kappa shape index (κ2) is 7.52. The molecule has 1 aromatic carbocycles. The number of nitrogens with zero attached hydrogens (tertiary/aromatic N) is 2. The maximum Gasteiger partial charge on any atom is 0.409 e. The number of ether oxygens (including phenoxy) is 2. The number of hydrogen-bond donors (Lipinski definition) is 0. The summed E-state index contributed by atoms with van der Waals surface area (Å²) in [5.74, 6) is 0.989. The molecule has 7 heteroatoms.